The molecule has 0 amide bonds. The van der Waals surface area contributed by atoms with E-state index in [0.717, 1.165) is 12.1 Å². The van der Waals surface area contributed by atoms with Gasteiger partial charge in [-0.2, -0.15) is 0 Å². The zero-order valence-electron chi connectivity index (χ0n) is 6.34. The van der Waals surface area contributed by atoms with Gasteiger partial charge in [-0.25, -0.2) is 4.39 Å². The molecule has 0 aromatic heterocycles. The van der Waals surface area contributed by atoms with E-state index < -0.39 is 23.1 Å². The van der Waals surface area contributed by atoms with Gasteiger partial charge in [0.25, 0.3) is 0 Å². The lowest BCUT2D eigenvalue weighted by Gasteiger charge is -2.02. The number of halogens is 1. The molecule has 1 rings (SSSR count). The minimum Gasteiger partial charge on any atom is -0.507 e. The van der Waals surface area contributed by atoms with E-state index in [1.165, 1.54) is 6.92 Å². The molecule has 0 heterocycles. The Morgan fingerprint density at radius 3 is 2.08 bits per heavy atom. The van der Waals surface area contributed by atoms with Crippen LogP contribution < -0.4 is 0 Å². The molecule has 0 saturated heterocycles. The van der Waals surface area contributed by atoms with Gasteiger partial charge in [-0.15, -0.1) is 0 Å². The number of benzene rings is 1. The number of hydrogen-bond donors (Lipinski definition) is 2. The number of aromatic hydroxyl groups is 2. The first kappa shape index (κ1) is 8.52. The molecule has 4 heteroatoms. The highest BCUT2D eigenvalue weighted by atomic mass is 18.2. The molecule has 0 fully saturated rings. The van der Waals surface area contributed by atoms with Crippen molar-refractivity contribution in [2.75, 3.05) is 0 Å². The molecule has 12 heavy (non-hydrogen) atoms. The lowest BCUT2D eigenvalue weighted by molar-refractivity contribution is 0.101. The van der Waals surface area contributed by atoms with Crippen molar-refractivity contribution in [3.05, 3.63) is 23.5 Å². The summed E-state index contributed by atoms with van der Waals surface area (Å²) < 4.78 is 12.4. The number of carbonyl (C=O) groups is 1. The smallest absolute Gasteiger partial charge is 0.167 e. The Kier molecular flexibility index (Phi) is 1.99. The van der Waals surface area contributed by atoms with Gasteiger partial charge in [0.05, 0.1) is 0 Å². The summed E-state index contributed by atoms with van der Waals surface area (Å²) in [5.74, 6) is -2.37. The fourth-order valence-corrected chi connectivity index (χ4v) is 0.939. The molecule has 0 bridgehead atoms. The van der Waals surface area contributed by atoms with Gasteiger partial charge in [0.2, 0.25) is 0 Å². The summed E-state index contributed by atoms with van der Waals surface area (Å²) >= 11 is 0. The molecule has 2 N–H and O–H groups in total. The molecule has 0 aliphatic rings. The van der Waals surface area contributed by atoms with Crippen LogP contribution in [-0.2, 0) is 0 Å². The molecule has 1 aromatic rings. The minimum absolute atomic E-state index is 0.253. The molecule has 0 aliphatic carbocycles. The molecule has 0 aliphatic heterocycles. The first-order valence-electron chi connectivity index (χ1n) is 3.25. The zero-order valence-corrected chi connectivity index (χ0v) is 6.34. The zero-order chi connectivity index (χ0) is 9.30. The first-order chi connectivity index (χ1) is 5.52. The van der Waals surface area contributed by atoms with Gasteiger partial charge in [0, 0.05) is 12.1 Å². The molecule has 3 nitrogen and oxygen atoms in total. The highest BCUT2D eigenvalue weighted by Crippen LogP contribution is 2.28. The van der Waals surface area contributed by atoms with Crippen LogP contribution in [-0.4, -0.2) is 16.0 Å². The van der Waals surface area contributed by atoms with E-state index in [-0.39, 0.29) is 5.56 Å². The molecule has 0 saturated carbocycles. The maximum atomic E-state index is 12.4. The Morgan fingerprint density at radius 2 is 1.75 bits per heavy atom. The summed E-state index contributed by atoms with van der Waals surface area (Å²) in [6, 6.07) is 1.55. The fraction of sp³-hybridized carbons (Fsp3) is 0.125. The summed E-state index contributed by atoms with van der Waals surface area (Å²) in [6.07, 6.45) is 0. The number of phenolic OH excluding ortho intramolecular Hbond substituents is 2. The van der Waals surface area contributed by atoms with Crippen molar-refractivity contribution < 1.29 is 19.4 Å². The normalized spacial score (nSPS) is 9.83. The summed E-state index contributed by atoms with van der Waals surface area (Å²) in [5.41, 5.74) is -0.253. The van der Waals surface area contributed by atoms with Gasteiger partial charge in [-0.1, -0.05) is 0 Å². The van der Waals surface area contributed by atoms with Crippen LogP contribution in [0.25, 0.3) is 0 Å². The van der Waals surface area contributed by atoms with Crippen molar-refractivity contribution in [2.24, 2.45) is 0 Å². The number of hydrogen-bond acceptors (Lipinski definition) is 3. The van der Waals surface area contributed by atoms with Crippen molar-refractivity contribution in [3.63, 3.8) is 0 Å². The van der Waals surface area contributed by atoms with E-state index in [1.54, 1.807) is 0 Å². The third kappa shape index (κ3) is 1.37. The third-order valence-corrected chi connectivity index (χ3v) is 1.41. The Balaban J connectivity index is 3.38. The number of ketones is 1. The van der Waals surface area contributed by atoms with Gasteiger partial charge in [0.1, 0.15) is 22.9 Å². The topological polar surface area (TPSA) is 57.5 Å². The van der Waals surface area contributed by atoms with Gasteiger partial charge >= 0.3 is 0 Å². The molecule has 64 valence electrons. The van der Waals surface area contributed by atoms with E-state index in [2.05, 4.69) is 0 Å². The summed E-state index contributed by atoms with van der Waals surface area (Å²) in [5, 5.41) is 18.0. The van der Waals surface area contributed by atoms with Gasteiger partial charge < -0.3 is 10.2 Å². The Hall–Kier alpha value is -1.58. The van der Waals surface area contributed by atoms with Crippen LogP contribution in [0.3, 0.4) is 0 Å². The average molecular weight is 169 g/mol. The lowest BCUT2D eigenvalue weighted by Crippen LogP contribution is -1.94. The van der Waals surface area contributed by atoms with Crippen molar-refractivity contribution in [3.8, 4) is 11.5 Å². The Morgan fingerprint density at radius 1 is 1.33 bits per heavy atom. The third-order valence-electron chi connectivity index (χ3n) is 1.41. The van der Waals surface area contributed by atoms with Crippen LogP contribution in [0.4, 0.5) is 4.39 Å². The summed E-state index contributed by atoms with van der Waals surface area (Å²) in [7, 11) is 0. The first-order valence-corrected chi connectivity index (χ1v) is 3.25. The highest BCUT2D eigenvalue weighted by molar-refractivity contribution is 5.99. The number of rotatable bonds is 1. The number of phenols is 2. The Labute approximate surface area is 68.1 Å². The minimum atomic E-state index is -0.782. The second-order valence-electron chi connectivity index (χ2n) is 2.38. The van der Waals surface area contributed by atoms with Crippen molar-refractivity contribution in [1.82, 2.24) is 0 Å². The van der Waals surface area contributed by atoms with Crippen LogP contribution in [0, 0.1) is 5.82 Å². The summed E-state index contributed by atoms with van der Waals surface area (Å²) in [4.78, 5) is 10.8. The molecule has 0 spiro atoms. The average Bonchev–Trinajstić information content (AvgIpc) is 1.82. The van der Waals surface area contributed by atoms with Crippen molar-refractivity contribution >= 4 is 5.78 Å². The molecule has 0 atom stereocenters. The van der Waals surface area contributed by atoms with Crippen molar-refractivity contribution in [2.45, 2.75) is 6.92 Å². The summed E-state index contributed by atoms with van der Waals surface area (Å²) in [6.45, 7) is 1.17. The maximum Gasteiger partial charge on any atom is 0.167 e. The fourth-order valence-electron chi connectivity index (χ4n) is 0.939. The predicted octanol–water partition coefficient (Wildman–Crippen LogP) is 1.44. The van der Waals surface area contributed by atoms with Gasteiger partial charge in [0.15, 0.2) is 5.78 Å². The molecule has 1 aromatic carbocycles. The second-order valence-corrected chi connectivity index (χ2v) is 2.38. The van der Waals surface area contributed by atoms with E-state index in [1.807, 2.05) is 0 Å². The SMILES string of the molecule is CC(=O)c1c(O)cc([18F])cc1O. The number of Topliss-reactive ketones (excluding diaryl/α,β-unsaturated/α-hetero) is 1. The largest absolute Gasteiger partial charge is 0.507 e. The molecular weight excluding hydrogens is 162 g/mol. The van der Waals surface area contributed by atoms with Crippen LogP contribution in [0.2, 0.25) is 0 Å². The van der Waals surface area contributed by atoms with Gasteiger partial charge in [-0.05, 0) is 6.92 Å². The quantitative estimate of drug-likeness (QED) is 0.625. The van der Waals surface area contributed by atoms with E-state index >= 15 is 0 Å². The maximum absolute atomic E-state index is 12.4. The van der Waals surface area contributed by atoms with Crippen molar-refractivity contribution in [1.29, 1.82) is 0 Å². The lowest BCUT2D eigenvalue weighted by atomic mass is 10.1. The van der Waals surface area contributed by atoms with Crippen LogP contribution in [0.5, 0.6) is 11.5 Å². The molecule has 0 unspecified atom stereocenters. The standard InChI is InChI=1S/C8H7FO3/c1-4(10)8-6(11)2-5(9)3-7(8)12/h2-3,11-12H,1H3/i9-1. The second kappa shape index (κ2) is 2.81. The number of carbonyl (C=O) groups excluding carboxylic acids is 1. The van der Waals surface area contributed by atoms with Gasteiger partial charge in [-0.3, -0.25) is 4.79 Å². The predicted molar refractivity (Wildman–Crippen MR) is 39.7 cm³/mol. The van der Waals surface area contributed by atoms with Crippen LogP contribution >= 0.6 is 0 Å². The van der Waals surface area contributed by atoms with Crippen LogP contribution in [0.1, 0.15) is 17.3 Å². The monoisotopic (exact) mass is 169 g/mol. The van der Waals surface area contributed by atoms with E-state index in [0.29, 0.717) is 0 Å². The van der Waals surface area contributed by atoms with E-state index in [4.69, 9.17) is 10.2 Å². The molecular formula is C8H7FO3. The van der Waals surface area contributed by atoms with Crippen LogP contribution in [0.15, 0.2) is 12.1 Å². The highest BCUT2D eigenvalue weighted by Gasteiger charge is 2.13. The Bertz CT molecular complexity index is 310. The van der Waals surface area contributed by atoms with E-state index in [9.17, 15) is 9.18 Å². The molecule has 0 radical (unpaired) electrons.